The van der Waals surface area contributed by atoms with Crippen molar-refractivity contribution in [2.24, 2.45) is 0 Å². The number of nitrogens with one attached hydrogen (secondary N) is 2. The summed E-state index contributed by atoms with van der Waals surface area (Å²) in [4.78, 5) is 12.0. The second kappa shape index (κ2) is 8.08. The maximum Gasteiger partial charge on any atom is 0.225 e. The van der Waals surface area contributed by atoms with Gasteiger partial charge in [-0.05, 0) is 47.9 Å². The van der Waals surface area contributed by atoms with Crippen LogP contribution in [0.25, 0.3) is 0 Å². The Labute approximate surface area is 135 Å². The van der Waals surface area contributed by atoms with E-state index in [2.05, 4.69) is 10.6 Å². The average molecular weight is 318 g/mol. The number of thiophene rings is 1. The van der Waals surface area contributed by atoms with Gasteiger partial charge in [0.05, 0.1) is 6.10 Å². The summed E-state index contributed by atoms with van der Waals surface area (Å²) in [5.74, 6) is -0.0284. The molecule has 1 aromatic carbocycles. The van der Waals surface area contributed by atoms with Gasteiger partial charge in [0, 0.05) is 24.7 Å². The van der Waals surface area contributed by atoms with E-state index in [-0.39, 0.29) is 11.9 Å². The molecule has 0 bridgehead atoms. The number of aryl methyl sites for hydroxylation is 1. The lowest BCUT2D eigenvalue weighted by Gasteiger charge is -2.17. The molecule has 0 aliphatic rings. The van der Waals surface area contributed by atoms with Crippen LogP contribution in [0.15, 0.2) is 41.1 Å². The molecule has 1 amide bonds. The molecule has 2 rings (SSSR count). The normalized spacial score (nSPS) is 13.6. The van der Waals surface area contributed by atoms with E-state index in [4.69, 9.17) is 0 Å². The van der Waals surface area contributed by atoms with Gasteiger partial charge in [0.15, 0.2) is 0 Å². The van der Waals surface area contributed by atoms with E-state index >= 15 is 0 Å². The first kappa shape index (κ1) is 16.7. The lowest BCUT2D eigenvalue weighted by atomic mass is 10.1. The number of hydrogen-bond acceptors (Lipinski definition) is 4. The Morgan fingerprint density at radius 2 is 2.09 bits per heavy atom. The molecule has 0 aliphatic heterocycles. The summed E-state index contributed by atoms with van der Waals surface area (Å²) in [6.07, 6.45) is -0.168. The summed E-state index contributed by atoms with van der Waals surface area (Å²) < 4.78 is 0. The van der Waals surface area contributed by atoms with Gasteiger partial charge in [0.1, 0.15) is 0 Å². The number of hydrogen-bond donors (Lipinski definition) is 3. The van der Waals surface area contributed by atoms with E-state index in [1.54, 1.807) is 11.3 Å². The molecule has 0 saturated carbocycles. The third kappa shape index (κ3) is 4.94. The van der Waals surface area contributed by atoms with Gasteiger partial charge >= 0.3 is 0 Å². The Kier molecular flexibility index (Phi) is 6.12. The lowest BCUT2D eigenvalue weighted by Crippen LogP contribution is -2.33. The average Bonchev–Trinajstić information content (AvgIpc) is 3.01. The largest absolute Gasteiger partial charge is 0.387 e. The van der Waals surface area contributed by atoms with Crippen LogP contribution in [0.4, 0.5) is 5.69 Å². The van der Waals surface area contributed by atoms with Crippen LogP contribution in [0.1, 0.15) is 30.6 Å². The number of aliphatic hydroxyl groups is 1. The molecule has 22 heavy (non-hydrogen) atoms. The van der Waals surface area contributed by atoms with Crippen molar-refractivity contribution in [3.05, 3.63) is 52.2 Å². The minimum atomic E-state index is -0.534. The fourth-order valence-corrected chi connectivity index (χ4v) is 2.87. The summed E-state index contributed by atoms with van der Waals surface area (Å²) in [5, 5.41) is 20.0. The van der Waals surface area contributed by atoms with Crippen LogP contribution in [-0.4, -0.2) is 23.6 Å². The van der Waals surface area contributed by atoms with Gasteiger partial charge in [-0.1, -0.05) is 18.2 Å². The number of aliphatic hydroxyl groups excluding tert-OH is 1. The van der Waals surface area contributed by atoms with Crippen LogP contribution < -0.4 is 10.6 Å². The van der Waals surface area contributed by atoms with Crippen LogP contribution in [-0.2, 0) is 4.79 Å². The van der Waals surface area contributed by atoms with E-state index in [1.165, 1.54) is 0 Å². The van der Waals surface area contributed by atoms with E-state index in [1.807, 2.05) is 54.9 Å². The predicted molar refractivity (Wildman–Crippen MR) is 91.2 cm³/mol. The van der Waals surface area contributed by atoms with Crippen molar-refractivity contribution in [3.63, 3.8) is 0 Å². The molecule has 1 heterocycles. The number of carbonyl (C=O) groups is 1. The number of amides is 1. The van der Waals surface area contributed by atoms with Gasteiger partial charge in [-0.2, -0.15) is 11.3 Å². The fourth-order valence-electron chi connectivity index (χ4n) is 2.16. The molecule has 2 atom stereocenters. The Hall–Kier alpha value is -1.69. The monoisotopic (exact) mass is 318 g/mol. The molecular weight excluding hydrogens is 296 g/mol. The van der Waals surface area contributed by atoms with Crippen LogP contribution in [0.2, 0.25) is 0 Å². The standard InChI is InChI=1S/C17H22N2O2S/c1-12-5-3-4-6-15(12)19-17(21)9-13(2)18-10-16(20)14-7-8-22-11-14/h3-8,11,13,16,18,20H,9-10H2,1-2H3,(H,19,21). The van der Waals surface area contributed by atoms with E-state index in [9.17, 15) is 9.90 Å². The van der Waals surface area contributed by atoms with Crippen molar-refractivity contribution in [2.75, 3.05) is 11.9 Å². The highest BCUT2D eigenvalue weighted by Crippen LogP contribution is 2.16. The molecular formula is C17H22N2O2S. The van der Waals surface area contributed by atoms with Crippen molar-refractivity contribution in [3.8, 4) is 0 Å². The molecule has 0 saturated heterocycles. The van der Waals surface area contributed by atoms with Crippen molar-refractivity contribution in [2.45, 2.75) is 32.4 Å². The number of carbonyl (C=O) groups excluding carboxylic acids is 1. The van der Waals surface area contributed by atoms with Crippen molar-refractivity contribution in [1.29, 1.82) is 0 Å². The second-order valence-electron chi connectivity index (χ2n) is 5.45. The first-order chi connectivity index (χ1) is 10.6. The molecule has 2 unspecified atom stereocenters. The van der Waals surface area contributed by atoms with Gasteiger partial charge in [-0.15, -0.1) is 0 Å². The molecule has 4 nitrogen and oxygen atoms in total. The molecule has 1 aromatic heterocycles. The molecule has 2 aromatic rings. The Balaban J connectivity index is 1.76. The van der Waals surface area contributed by atoms with Gasteiger partial charge in [-0.25, -0.2) is 0 Å². The van der Waals surface area contributed by atoms with E-state index in [0.29, 0.717) is 13.0 Å². The molecule has 0 aliphatic carbocycles. The Morgan fingerprint density at radius 3 is 2.77 bits per heavy atom. The predicted octanol–water partition coefficient (Wildman–Crippen LogP) is 3.10. The topological polar surface area (TPSA) is 61.4 Å². The molecule has 5 heteroatoms. The second-order valence-corrected chi connectivity index (χ2v) is 6.23. The van der Waals surface area contributed by atoms with Crippen molar-refractivity contribution >= 4 is 22.9 Å². The molecule has 118 valence electrons. The first-order valence-corrected chi connectivity index (χ1v) is 8.29. The zero-order valence-corrected chi connectivity index (χ0v) is 13.7. The zero-order valence-electron chi connectivity index (χ0n) is 12.9. The van der Waals surface area contributed by atoms with Gasteiger partial charge < -0.3 is 15.7 Å². The minimum absolute atomic E-state index is 0.00250. The van der Waals surface area contributed by atoms with Gasteiger partial charge in [-0.3, -0.25) is 4.79 Å². The molecule has 0 radical (unpaired) electrons. The molecule has 0 fully saturated rings. The fraction of sp³-hybridized carbons (Fsp3) is 0.353. The van der Waals surface area contributed by atoms with Crippen LogP contribution in [0.3, 0.4) is 0 Å². The molecule has 0 spiro atoms. The summed E-state index contributed by atoms with van der Waals surface area (Å²) in [7, 11) is 0. The summed E-state index contributed by atoms with van der Waals surface area (Å²) in [6.45, 7) is 4.35. The lowest BCUT2D eigenvalue weighted by molar-refractivity contribution is -0.116. The van der Waals surface area contributed by atoms with Crippen LogP contribution >= 0.6 is 11.3 Å². The smallest absolute Gasteiger partial charge is 0.225 e. The highest BCUT2D eigenvalue weighted by atomic mass is 32.1. The maximum atomic E-state index is 12.0. The zero-order chi connectivity index (χ0) is 15.9. The number of rotatable bonds is 7. The van der Waals surface area contributed by atoms with Crippen LogP contribution in [0.5, 0.6) is 0 Å². The first-order valence-electron chi connectivity index (χ1n) is 7.35. The van der Waals surface area contributed by atoms with E-state index in [0.717, 1.165) is 16.8 Å². The number of anilines is 1. The third-order valence-electron chi connectivity index (χ3n) is 3.50. The summed E-state index contributed by atoms with van der Waals surface area (Å²) in [6, 6.07) is 9.62. The summed E-state index contributed by atoms with van der Waals surface area (Å²) >= 11 is 1.56. The van der Waals surface area contributed by atoms with Crippen LogP contribution in [0, 0.1) is 6.92 Å². The minimum Gasteiger partial charge on any atom is -0.387 e. The maximum absolute atomic E-state index is 12.0. The van der Waals surface area contributed by atoms with Gasteiger partial charge in [0.2, 0.25) is 5.91 Å². The number of para-hydroxylation sites is 1. The SMILES string of the molecule is Cc1ccccc1NC(=O)CC(C)NCC(O)c1ccsc1. The van der Waals surface area contributed by atoms with Crippen molar-refractivity contribution < 1.29 is 9.90 Å². The Bertz CT molecular complexity index is 598. The van der Waals surface area contributed by atoms with Crippen molar-refractivity contribution in [1.82, 2.24) is 5.32 Å². The third-order valence-corrected chi connectivity index (χ3v) is 4.20. The highest BCUT2D eigenvalue weighted by molar-refractivity contribution is 7.07. The van der Waals surface area contributed by atoms with E-state index < -0.39 is 6.10 Å². The summed E-state index contributed by atoms with van der Waals surface area (Å²) in [5.41, 5.74) is 2.80. The number of benzene rings is 1. The quantitative estimate of drug-likeness (QED) is 0.735. The Morgan fingerprint density at radius 1 is 1.32 bits per heavy atom. The highest BCUT2D eigenvalue weighted by Gasteiger charge is 2.13. The molecule has 3 N–H and O–H groups in total. The van der Waals surface area contributed by atoms with Gasteiger partial charge in [0.25, 0.3) is 0 Å².